The van der Waals surface area contributed by atoms with E-state index in [-0.39, 0.29) is 30.0 Å². The summed E-state index contributed by atoms with van der Waals surface area (Å²) >= 11 is 0. The number of hydrogen-bond acceptors (Lipinski definition) is 6. The first kappa shape index (κ1) is 23.2. The second-order valence-electron chi connectivity index (χ2n) is 7.05. The minimum absolute atomic E-state index is 0.0259. The van der Waals surface area contributed by atoms with Gasteiger partial charge in [-0.15, -0.1) is 0 Å². The molecule has 0 bridgehead atoms. The highest BCUT2D eigenvalue weighted by Gasteiger charge is 2.43. The number of carbonyl (C=O) groups is 1. The highest BCUT2D eigenvalue weighted by Crippen LogP contribution is 2.20. The van der Waals surface area contributed by atoms with E-state index in [0.29, 0.717) is 25.3 Å². The zero-order chi connectivity index (χ0) is 19.6. The Bertz CT molecular complexity index is 578. The van der Waals surface area contributed by atoms with E-state index in [0.717, 1.165) is 25.7 Å². The van der Waals surface area contributed by atoms with Crippen molar-refractivity contribution < 1.29 is 32.5 Å². The smallest absolute Gasteiger partial charge is 0.267 e. The van der Waals surface area contributed by atoms with E-state index in [1.165, 1.54) is 12.8 Å². The summed E-state index contributed by atoms with van der Waals surface area (Å²) in [6.07, 6.45) is 5.41. The maximum Gasteiger partial charge on any atom is 0.267 e. The molecule has 2 atom stereocenters. The molecule has 26 heavy (non-hydrogen) atoms. The summed E-state index contributed by atoms with van der Waals surface area (Å²) in [6.45, 7) is 2.89. The normalized spacial score (nSPS) is 21.6. The number of aliphatic hydroxyl groups is 2. The highest BCUT2D eigenvalue weighted by atomic mass is 32.2. The third-order valence-electron chi connectivity index (χ3n) is 4.74. The van der Waals surface area contributed by atoms with Crippen LogP contribution in [0.2, 0.25) is 0 Å². The van der Waals surface area contributed by atoms with Crippen LogP contribution in [0.25, 0.3) is 0 Å². The summed E-state index contributed by atoms with van der Waals surface area (Å²) in [7, 11) is -4.32. The van der Waals surface area contributed by atoms with Gasteiger partial charge in [0.05, 0.1) is 13.2 Å². The molecule has 3 N–H and O–H groups in total. The lowest BCUT2D eigenvalue weighted by molar-refractivity contribution is -0.837. The van der Waals surface area contributed by atoms with Crippen LogP contribution in [0.5, 0.6) is 0 Å². The van der Waals surface area contributed by atoms with Gasteiger partial charge in [-0.2, -0.15) is 8.42 Å². The molecule has 9 heteroatoms. The number of carbonyl (C=O) groups excluding carboxylic acids is 1. The summed E-state index contributed by atoms with van der Waals surface area (Å²) in [6, 6.07) is 0. The number of ketones is 1. The number of aliphatic hydroxyl groups excluding tert-OH is 2. The lowest BCUT2D eigenvalue weighted by atomic mass is 10.1. The van der Waals surface area contributed by atoms with Crippen LogP contribution in [0.4, 0.5) is 0 Å². The fourth-order valence-corrected chi connectivity index (χ4v) is 4.10. The zero-order valence-electron chi connectivity index (χ0n) is 15.6. The van der Waals surface area contributed by atoms with E-state index in [9.17, 15) is 23.4 Å². The molecule has 0 aromatic heterocycles. The molecule has 0 aromatic rings. The van der Waals surface area contributed by atoms with Crippen LogP contribution in [0.1, 0.15) is 51.9 Å². The number of aliphatic imine (C=N–C) groups is 1. The molecule has 0 aliphatic carbocycles. The summed E-state index contributed by atoms with van der Waals surface area (Å²) in [5.74, 6) is -0.593. The van der Waals surface area contributed by atoms with Gasteiger partial charge >= 0.3 is 0 Å². The Labute approximate surface area is 156 Å². The van der Waals surface area contributed by atoms with Crippen molar-refractivity contribution in [2.45, 2.75) is 58.0 Å². The van der Waals surface area contributed by atoms with Crippen LogP contribution in [0, 0.1) is 0 Å². The summed E-state index contributed by atoms with van der Waals surface area (Å²) in [5, 5.41) is 19.4. The lowest BCUT2D eigenvalue weighted by Crippen LogP contribution is -2.59. The van der Waals surface area contributed by atoms with Crippen LogP contribution in [-0.2, 0) is 14.9 Å². The molecule has 1 heterocycles. The number of Topliss-reactive ketones (excluding diaryl/α,β-unsaturated/α-hetero) is 1. The highest BCUT2D eigenvalue weighted by molar-refractivity contribution is 7.85. The van der Waals surface area contributed by atoms with E-state index in [1.54, 1.807) is 0 Å². The van der Waals surface area contributed by atoms with Crippen molar-refractivity contribution in [1.29, 1.82) is 0 Å². The maximum atomic E-state index is 12.6. The van der Waals surface area contributed by atoms with Gasteiger partial charge in [-0.3, -0.25) is 13.8 Å². The first-order valence-electron chi connectivity index (χ1n) is 9.42. The Morgan fingerprint density at radius 3 is 2.50 bits per heavy atom. The fourth-order valence-electron chi connectivity index (χ4n) is 3.51. The molecule has 8 nitrogen and oxygen atoms in total. The predicted octanol–water partition coefficient (Wildman–Crippen LogP) is 0.776. The second-order valence-corrected chi connectivity index (χ2v) is 8.54. The lowest BCUT2D eigenvalue weighted by Gasteiger charge is -2.34. The minimum Gasteiger partial charge on any atom is -0.390 e. The van der Waals surface area contributed by atoms with Crippen molar-refractivity contribution in [3.05, 3.63) is 0 Å². The van der Waals surface area contributed by atoms with Gasteiger partial charge in [-0.05, 0) is 6.42 Å². The van der Waals surface area contributed by atoms with Crippen molar-refractivity contribution in [2.75, 3.05) is 38.5 Å². The van der Waals surface area contributed by atoms with Crippen LogP contribution in [0.3, 0.4) is 0 Å². The van der Waals surface area contributed by atoms with Gasteiger partial charge in [-0.25, -0.2) is 4.99 Å². The predicted molar refractivity (Wildman–Crippen MR) is 99.7 cm³/mol. The van der Waals surface area contributed by atoms with Gasteiger partial charge in [0.2, 0.25) is 5.78 Å². The van der Waals surface area contributed by atoms with E-state index in [2.05, 4.69) is 11.9 Å². The van der Waals surface area contributed by atoms with Crippen LogP contribution in [0.15, 0.2) is 4.99 Å². The number of unbranched alkanes of at least 4 members (excludes halogenated alkanes) is 5. The zero-order valence-corrected chi connectivity index (χ0v) is 16.5. The van der Waals surface area contributed by atoms with Crippen molar-refractivity contribution in [2.24, 2.45) is 4.99 Å². The fraction of sp³-hybridized carbons (Fsp3) is 0.882. The molecule has 1 aliphatic heterocycles. The van der Waals surface area contributed by atoms with E-state index in [4.69, 9.17) is 4.55 Å². The third-order valence-corrected chi connectivity index (χ3v) is 5.54. The molecule has 0 saturated heterocycles. The molecule has 0 aromatic carbocycles. The van der Waals surface area contributed by atoms with Gasteiger partial charge in [0, 0.05) is 6.42 Å². The van der Waals surface area contributed by atoms with Crippen molar-refractivity contribution >= 4 is 21.7 Å². The molecule has 1 aliphatic rings. The van der Waals surface area contributed by atoms with Crippen LogP contribution < -0.4 is 0 Å². The Morgan fingerprint density at radius 2 is 1.88 bits per heavy atom. The minimum atomic E-state index is -4.32. The molecular formula is C17H33N2O6S+. The molecule has 2 unspecified atom stereocenters. The number of quaternary nitrogens is 1. The third kappa shape index (κ3) is 7.79. The van der Waals surface area contributed by atoms with Crippen LogP contribution >= 0.6 is 0 Å². The van der Waals surface area contributed by atoms with Crippen molar-refractivity contribution in [3.8, 4) is 0 Å². The molecular weight excluding hydrogens is 360 g/mol. The summed E-state index contributed by atoms with van der Waals surface area (Å²) in [4.78, 5) is 16.9. The Balaban J connectivity index is 2.67. The average molecular weight is 394 g/mol. The number of amidine groups is 1. The quantitative estimate of drug-likeness (QED) is 0.227. The number of nitrogens with zero attached hydrogens (tertiary/aromatic N) is 2. The van der Waals surface area contributed by atoms with Crippen LogP contribution in [-0.4, -0.2) is 83.9 Å². The van der Waals surface area contributed by atoms with E-state index in [1.807, 2.05) is 0 Å². The number of hydrogen-bond donors (Lipinski definition) is 3. The van der Waals surface area contributed by atoms with Gasteiger partial charge in [0.15, 0.2) is 0 Å². The molecule has 0 spiro atoms. The Kier molecular flexibility index (Phi) is 9.88. The van der Waals surface area contributed by atoms with E-state index < -0.39 is 22.0 Å². The van der Waals surface area contributed by atoms with Gasteiger partial charge < -0.3 is 10.2 Å². The average Bonchev–Trinajstić information content (AvgIpc) is 2.92. The number of rotatable bonds is 14. The Morgan fingerprint density at radius 1 is 1.23 bits per heavy atom. The first-order valence-corrected chi connectivity index (χ1v) is 11.0. The van der Waals surface area contributed by atoms with Gasteiger partial charge in [-0.1, -0.05) is 39.0 Å². The Hall–Kier alpha value is -0.870. The largest absolute Gasteiger partial charge is 0.390 e. The van der Waals surface area contributed by atoms with E-state index >= 15 is 0 Å². The molecule has 1 rings (SSSR count). The summed E-state index contributed by atoms with van der Waals surface area (Å²) in [5.41, 5.74) is 0. The molecule has 0 amide bonds. The molecule has 0 fully saturated rings. The van der Waals surface area contributed by atoms with Crippen molar-refractivity contribution in [3.63, 3.8) is 0 Å². The molecule has 152 valence electrons. The molecule has 0 saturated carbocycles. The van der Waals surface area contributed by atoms with Gasteiger partial charge in [0.25, 0.3) is 16.0 Å². The van der Waals surface area contributed by atoms with Gasteiger partial charge in [0.1, 0.15) is 31.5 Å². The molecule has 0 radical (unpaired) electrons. The standard InChI is InChI=1S/C17H32N2O6S/c1-2-3-4-5-6-7-8-16(22)17-18-9-10-19(17,11-12-20)13-15(21)14-26(23,24)25/h15,20-21H,2-14H2,1H3/p+1. The topological polar surface area (TPSA) is 124 Å². The maximum absolute atomic E-state index is 12.6. The first-order chi connectivity index (χ1) is 12.2. The SMILES string of the molecule is CCCCCCCCC(=O)C1=NCC[N+]1(CCO)CC(O)CS(=O)(=O)O. The monoisotopic (exact) mass is 393 g/mol. The van der Waals surface area contributed by atoms with Crippen molar-refractivity contribution in [1.82, 2.24) is 0 Å². The summed E-state index contributed by atoms with van der Waals surface area (Å²) < 4.78 is 30.9. The second kappa shape index (κ2) is 11.1.